The number of rotatable bonds is 3. The third-order valence-electron chi connectivity index (χ3n) is 4.27. The van der Waals surface area contributed by atoms with E-state index in [4.69, 9.17) is 4.74 Å². The first-order valence-electron chi connectivity index (χ1n) is 7.19. The van der Waals surface area contributed by atoms with Crippen molar-refractivity contribution < 1.29 is 17.9 Å². The van der Waals surface area contributed by atoms with Crippen molar-refractivity contribution in [3.63, 3.8) is 0 Å². The Hall–Kier alpha value is -0.660. The van der Waals surface area contributed by atoms with Gasteiger partial charge in [0.15, 0.2) is 9.84 Å². The monoisotopic (exact) mass is 304 g/mol. The number of carbonyl (C=O) groups is 1. The summed E-state index contributed by atoms with van der Waals surface area (Å²) in [7, 11) is -1.43. The standard InChI is InChI=1S/C13H24N2O4S/c1-15(13(16)11-9-14-7-8-19-11)10-5-3-4-6-12(10)20(2,17)18/h10-12,14H,3-9H2,1-2H3. The van der Waals surface area contributed by atoms with Crippen LogP contribution in [0.2, 0.25) is 0 Å². The van der Waals surface area contributed by atoms with Gasteiger partial charge in [0.1, 0.15) is 6.10 Å². The van der Waals surface area contributed by atoms with Crippen LogP contribution in [-0.4, -0.2) is 69.6 Å². The lowest BCUT2D eigenvalue weighted by Gasteiger charge is -2.38. The maximum absolute atomic E-state index is 12.4. The van der Waals surface area contributed by atoms with Crippen LogP contribution in [0, 0.1) is 0 Å². The van der Waals surface area contributed by atoms with E-state index in [0.717, 1.165) is 25.8 Å². The lowest BCUT2D eigenvalue weighted by molar-refractivity contribution is -0.146. The third-order valence-corrected chi connectivity index (χ3v) is 5.92. The molecule has 7 heteroatoms. The van der Waals surface area contributed by atoms with Crippen LogP contribution in [0.3, 0.4) is 0 Å². The summed E-state index contributed by atoms with van der Waals surface area (Å²) in [5, 5.41) is 2.68. The van der Waals surface area contributed by atoms with E-state index in [0.29, 0.717) is 19.6 Å². The average molecular weight is 304 g/mol. The van der Waals surface area contributed by atoms with E-state index in [1.54, 1.807) is 11.9 Å². The van der Waals surface area contributed by atoms with Crippen LogP contribution < -0.4 is 5.32 Å². The first-order chi connectivity index (χ1) is 9.41. The van der Waals surface area contributed by atoms with Crippen molar-refractivity contribution >= 4 is 15.7 Å². The Balaban J connectivity index is 2.08. The van der Waals surface area contributed by atoms with Crippen molar-refractivity contribution in [2.24, 2.45) is 0 Å². The smallest absolute Gasteiger partial charge is 0.253 e. The highest BCUT2D eigenvalue weighted by Gasteiger charge is 2.38. The molecule has 1 N–H and O–H groups in total. The minimum absolute atomic E-state index is 0.113. The lowest BCUT2D eigenvalue weighted by Crippen LogP contribution is -2.55. The average Bonchev–Trinajstić information content (AvgIpc) is 2.46. The molecule has 1 saturated carbocycles. The molecule has 2 fully saturated rings. The maximum Gasteiger partial charge on any atom is 0.253 e. The van der Waals surface area contributed by atoms with Crippen molar-refractivity contribution in [1.82, 2.24) is 10.2 Å². The molecule has 1 aliphatic heterocycles. The Morgan fingerprint density at radius 1 is 1.30 bits per heavy atom. The summed E-state index contributed by atoms with van der Waals surface area (Å²) in [6, 6.07) is -0.225. The normalized spacial score (nSPS) is 31.8. The molecule has 1 aliphatic carbocycles. The van der Waals surface area contributed by atoms with Crippen molar-refractivity contribution in [3.05, 3.63) is 0 Å². The summed E-state index contributed by atoms with van der Waals surface area (Å²) >= 11 is 0. The molecule has 2 rings (SSSR count). The van der Waals surface area contributed by atoms with Gasteiger partial charge in [-0.3, -0.25) is 4.79 Å². The third kappa shape index (κ3) is 3.51. The molecule has 0 aromatic heterocycles. The number of morpholine rings is 1. The van der Waals surface area contributed by atoms with Crippen LogP contribution in [-0.2, 0) is 19.4 Å². The van der Waals surface area contributed by atoms with Gasteiger partial charge in [-0.2, -0.15) is 0 Å². The van der Waals surface area contributed by atoms with Gasteiger partial charge >= 0.3 is 0 Å². The van der Waals surface area contributed by atoms with Gasteiger partial charge in [0.2, 0.25) is 0 Å². The van der Waals surface area contributed by atoms with Crippen LogP contribution in [0.25, 0.3) is 0 Å². The zero-order valence-corrected chi connectivity index (χ0v) is 13.0. The molecule has 20 heavy (non-hydrogen) atoms. The maximum atomic E-state index is 12.4. The molecule has 0 aromatic carbocycles. The Kier molecular flexibility index (Phi) is 5.04. The van der Waals surface area contributed by atoms with Crippen LogP contribution in [0.5, 0.6) is 0 Å². The molecule has 0 radical (unpaired) electrons. The second-order valence-electron chi connectivity index (χ2n) is 5.73. The number of amides is 1. The minimum atomic E-state index is -3.13. The Labute approximate surface area is 120 Å². The zero-order valence-electron chi connectivity index (χ0n) is 12.2. The Morgan fingerprint density at radius 2 is 2.00 bits per heavy atom. The van der Waals surface area contributed by atoms with Crippen molar-refractivity contribution in [1.29, 1.82) is 0 Å². The molecule has 1 amide bonds. The summed E-state index contributed by atoms with van der Waals surface area (Å²) in [4.78, 5) is 14.0. The van der Waals surface area contributed by atoms with Gasteiger partial charge in [0.25, 0.3) is 5.91 Å². The molecular formula is C13H24N2O4S. The number of nitrogens with zero attached hydrogens (tertiary/aromatic N) is 1. The first-order valence-corrected chi connectivity index (χ1v) is 9.14. The number of carbonyl (C=O) groups excluding carboxylic acids is 1. The molecule has 2 aliphatic rings. The number of likely N-dealkylation sites (N-methyl/N-ethyl adjacent to an activating group) is 1. The summed E-state index contributed by atoms with van der Waals surface area (Å²) in [6.45, 7) is 1.77. The van der Waals surface area contributed by atoms with Crippen LogP contribution in [0.15, 0.2) is 0 Å². The molecule has 116 valence electrons. The summed E-state index contributed by atoms with van der Waals surface area (Å²) < 4.78 is 29.3. The topological polar surface area (TPSA) is 75.7 Å². The molecule has 3 unspecified atom stereocenters. The molecule has 0 bridgehead atoms. The van der Waals surface area contributed by atoms with E-state index in [1.807, 2.05) is 0 Å². The van der Waals surface area contributed by atoms with E-state index in [9.17, 15) is 13.2 Å². The van der Waals surface area contributed by atoms with Gasteiger partial charge in [-0.05, 0) is 12.8 Å². The fourth-order valence-electron chi connectivity index (χ4n) is 3.13. The van der Waals surface area contributed by atoms with Gasteiger partial charge in [-0.25, -0.2) is 8.42 Å². The first kappa shape index (κ1) is 15.7. The number of ether oxygens (including phenoxy) is 1. The molecule has 0 spiro atoms. The highest BCUT2D eigenvalue weighted by molar-refractivity contribution is 7.91. The van der Waals surface area contributed by atoms with Crippen LogP contribution in [0.4, 0.5) is 0 Å². The van der Waals surface area contributed by atoms with E-state index in [1.165, 1.54) is 6.26 Å². The number of hydrogen-bond acceptors (Lipinski definition) is 5. The SMILES string of the molecule is CN(C(=O)C1CNCCO1)C1CCCCC1S(C)(=O)=O. The molecule has 1 saturated heterocycles. The van der Waals surface area contributed by atoms with Crippen molar-refractivity contribution in [2.45, 2.75) is 43.1 Å². The molecular weight excluding hydrogens is 280 g/mol. The number of sulfone groups is 1. The highest BCUT2D eigenvalue weighted by atomic mass is 32.2. The molecule has 6 nitrogen and oxygen atoms in total. The van der Waals surface area contributed by atoms with Gasteiger partial charge in [-0.1, -0.05) is 12.8 Å². The van der Waals surface area contributed by atoms with E-state index in [-0.39, 0.29) is 11.9 Å². The highest BCUT2D eigenvalue weighted by Crippen LogP contribution is 2.28. The quantitative estimate of drug-likeness (QED) is 0.781. The molecule has 1 heterocycles. The van der Waals surface area contributed by atoms with E-state index in [2.05, 4.69) is 5.32 Å². The Morgan fingerprint density at radius 3 is 2.60 bits per heavy atom. The van der Waals surface area contributed by atoms with Crippen LogP contribution in [0.1, 0.15) is 25.7 Å². The Bertz CT molecular complexity index is 445. The van der Waals surface area contributed by atoms with E-state index < -0.39 is 21.2 Å². The van der Waals surface area contributed by atoms with Gasteiger partial charge in [0, 0.05) is 32.4 Å². The fraction of sp³-hybridized carbons (Fsp3) is 0.923. The second-order valence-corrected chi connectivity index (χ2v) is 8.00. The fourth-order valence-corrected chi connectivity index (χ4v) is 4.62. The van der Waals surface area contributed by atoms with Crippen molar-refractivity contribution in [2.75, 3.05) is 33.0 Å². The van der Waals surface area contributed by atoms with Crippen LogP contribution >= 0.6 is 0 Å². The number of hydrogen-bond donors (Lipinski definition) is 1. The second kappa shape index (κ2) is 6.41. The summed E-state index contributed by atoms with van der Waals surface area (Å²) in [5.41, 5.74) is 0. The predicted octanol–water partition coefficient (Wildman–Crippen LogP) is -0.211. The largest absolute Gasteiger partial charge is 0.366 e. The summed E-state index contributed by atoms with van der Waals surface area (Å²) in [5.74, 6) is -0.113. The molecule has 0 aromatic rings. The van der Waals surface area contributed by atoms with Gasteiger partial charge < -0.3 is 15.0 Å². The predicted molar refractivity (Wildman–Crippen MR) is 76.3 cm³/mol. The van der Waals surface area contributed by atoms with Gasteiger partial charge in [-0.15, -0.1) is 0 Å². The lowest BCUT2D eigenvalue weighted by atomic mass is 9.93. The zero-order chi connectivity index (χ0) is 14.8. The summed E-state index contributed by atoms with van der Waals surface area (Å²) in [6.07, 6.45) is 4.06. The number of nitrogens with one attached hydrogen (secondary N) is 1. The minimum Gasteiger partial charge on any atom is -0.366 e. The molecule has 3 atom stereocenters. The van der Waals surface area contributed by atoms with Crippen molar-refractivity contribution in [3.8, 4) is 0 Å². The van der Waals surface area contributed by atoms with Gasteiger partial charge in [0.05, 0.1) is 11.9 Å². The van der Waals surface area contributed by atoms with E-state index >= 15 is 0 Å².